The molecule has 4 rings (SSSR count). The standard InChI is InChI=1S/C21H24N2O2/c1-14-18-9-8-16-12-22-23(2)20(16)21(18,11-17(13-24)19(14)25)10-15-6-4-3-5-7-15/h3-7,12-14,18,24H,8-11H2,1-2H3/b17-13-. The van der Waals surface area contributed by atoms with Crippen LogP contribution in [0.1, 0.15) is 36.6 Å². The molecule has 0 aliphatic heterocycles. The summed E-state index contributed by atoms with van der Waals surface area (Å²) in [5, 5.41) is 14.2. The van der Waals surface area contributed by atoms with Gasteiger partial charge in [-0.3, -0.25) is 9.48 Å². The van der Waals surface area contributed by atoms with Crippen molar-refractivity contribution >= 4 is 5.78 Å². The first-order valence-electron chi connectivity index (χ1n) is 8.99. The van der Waals surface area contributed by atoms with E-state index >= 15 is 0 Å². The first kappa shape index (κ1) is 16.1. The Hall–Kier alpha value is -2.36. The summed E-state index contributed by atoms with van der Waals surface area (Å²) in [6.45, 7) is 2.02. The third-order valence-corrected chi connectivity index (χ3v) is 6.28. The highest BCUT2D eigenvalue weighted by Crippen LogP contribution is 2.54. The number of Topliss-reactive ketones (excluding diaryl/α,β-unsaturated/α-hetero) is 1. The second kappa shape index (κ2) is 5.87. The van der Waals surface area contributed by atoms with Gasteiger partial charge in [0, 0.05) is 29.6 Å². The molecule has 4 nitrogen and oxygen atoms in total. The number of rotatable bonds is 2. The van der Waals surface area contributed by atoms with E-state index in [-0.39, 0.29) is 23.0 Å². The summed E-state index contributed by atoms with van der Waals surface area (Å²) in [4.78, 5) is 12.7. The van der Waals surface area contributed by atoms with Crippen molar-refractivity contribution in [3.63, 3.8) is 0 Å². The van der Waals surface area contributed by atoms with Gasteiger partial charge in [-0.25, -0.2) is 0 Å². The van der Waals surface area contributed by atoms with E-state index in [2.05, 4.69) is 29.4 Å². The molecule has 3 atom stereocenters. The second-order valence-electron chi connectivity index (χ2n) is 7.59. The lowest BCUT2D eigenvalue weighted by Gasteiger charge is -2.50. The van der Waals surface area contributed by atoms with Crippen molar-refractivity contribution in [1.29, 1.82) is 0 Å². The van der Waals surface area contributed by atoms with Gasteiger partial charge in [-0.2, -0.15) is 5.10 Å². The number of hydrogen-bond donors (Lipinski definition) is 1. The Kier molecular flexibility index (Phi) is 3.78. The summed E-state index contributed by atoms with van der Waals surface area (Å²) >= 11 is 0. The lowest BCUT2D eigenvalue weighted by molar-refractivity contribution is -0.124. The van der Waals surface area contributed by atoms with E-state index in [9.17, 15) is 9.90 Å². The van der Waals surface area contributed by atoms with Crippen LogP contribution in [0.5, 0.6) is 0 Å². The van der Waals surface area contributed by atoms with Crippen molar-refractivity contribution in [3.8, 4) is 0 Å². The van der Waals surface area contributed by atoms with Gasteiger partial charge in [0.1, 0.15) is 0 Å². The molecule has 1 saturated carbocycles. The van der Waals surface area contributed by atoms with Crippen LogP contribution in [0.2, 0.25) is 0 Å². The van der Waals surface area contributed by atoms with E-state index in [1.165, 1.54) is 16.8 Å². The van der Waals surface area contributed by atoms with E-state index in [1.54, 1.807) is 0 Å². The molecule has 0 spiro atoms. The SMILES string of the molecule is CC1C(=O)/C(=C\O)CC2(Cc3ccccc3)c3c(cnn3C)CCC12. The number of allylic oxidation sites excluding steroid dienone is 1. The summed E-state index contributed by atoms with van der Waals surface area (Å²) in [5.41, 5.74) is 4.15. The van der Waals surface area contributed by atoms with Crippen molar-refractivity contribution in [2.45, 2.75) is 38.0 Å². The van der Waals surface area contributed by atoms with Crippen LogP contribution in [-0.2, 0) is 30.1 Å². The Labute approximate surface area is 148 Å². The molecule has 1 fully saturated rings. The minimum Gasteiger partial charge on any atom is -0.515 e. The highest BCUT2D eigenvalue weighted by Gasteiger charge is 2.54. The number of carbonyl (C=O) groups excluding carboxylic acids is 1. The number of aliphatic hydroxyl groups is 1. The molecule has 0 saturated heterocycles. The predicted octanol–water partition coefficient (Wildman–Crippen LogP) is 3.51. The number of carbonyl (C=O) groups is 1. The zero-order valence-corrected chi connectivity index (χ0v) is 14.8. The molecule has 1 N–H and O–H groups in total. The quantitative estimate of drug-likeness (QED) is 0.674. The lowest BCUT2D eigenvalue weighted by atomic mass is 9.53. The summed E-state index contributed by atoms with van der Waals surface area (Å²) in [5.74, 6) is 0.285. The maximum Gasteiger partial charge on any atom is 0.165 e. The van der Waals surface area contributed by atoms with Gasteiger partial charge in [0.05, 0.1) is 12.5 Å². The van der Waals surface area contributed by atoms with E-state index in [0.717, 1.165) is 25.5 Å². The Bertz CT molecular complexity index is 837. The van der Waals surface area contributed by atoms with Gasteiger partial charge < -0.3 is 5.11 Å². The molecule has 130 valence electrons. The van der Waals surface area contributed by atoms with Crippen molar-refractivity contribution in [2.75, 3.05) is 0 Å². The van der Waals surface area contributed by atoms with Gasteiger partial charge in [-0.05, 0) is 42.7 Å². The zero-order chi connectivity index (χ0) is 17.6. The molecular formula is C21H24N2O2. The van der Waals surface area contributed by atoms with Crippen LogP contribution in [0.3, 0.4) is 0 Å². The summed E-state index contributed by atoms with van der Waals surface area (Å²) < 4.78 is 1.99. The summed E-state index contributed by atoms with van der Waals surface area (Å²) in [6, 6.07) is 10.5. The summed E-state index contributed by atoms with van der Waals surface area (Å²) in [6.07, 6.45) is 6.42. The Morgan fingerprint density at radius 1 is 1.36 bits per heavy atom. The van der Waals surface area contributed by atoms with Crippen LogP contribution in [0.4, 0.5) is 0 Å². The van der Waals surface area contributed by atoms with Gasteiger partial charge in [0.25, 0.3) is 0 Å². The Morgan fingerprint density at radius 3 is 2.84 bits per heavy atom. The smallest absolute Gasteiger partial charge is 0.165 e. The molecule has 2 aliphatic carbocycles. The molecule has 2 aromatic rings. The number of fused-ring (bicyclic) bond motifs is 3. The highest BCUT2D eigenvalue weighted by atomic mass is 16.2. The fourth-order valence-electron chi connectivity index (χ4n) is 5.26. The van der Waals surface area contributed by atoms with Crippen LogP contribution >= 0.6 is 0 Å². The maximum absolute atomic E-state index is 12.7. The minimum absolute atomic E-state index is 0.0843. The van der Waals surface area contributed by atoms with Crippen molar-refractivity contribution in [2.24, 2.45) is 18.9 Å². The number of aromatic nitrogens is 2. The molecule has 0 amide bonds. The number of benzene rings is 1. The minimum atomic E-state index is -0.192. The van der Waals surface area contributed by atoms with Crippen LogP contribution in [0.15, 0.2) is 48.4 Å². The first-order chi connectivity index (χ1) is 12.1. The van der Waals surface area contributed by atoms with Gasteiger partial charge >= 0.3 is 0 Å². The molecule has 2 aliphatic rings. The van der Waals surface area contributed by atoms with Gasteiger partial charge in [-0.15, -0.1) is 0 Å². The predicted molar refractivity (Wildman–Crippen MR) is 96.3 cm³/mol. The van der Waals surface area contributed by atoms with E-state index in [4.69, 9.17) is 0 Å². The first-order valence-corrected chi connectivity index (χ1v) is 8.99. The topological polar surface area (TPSA) is 55.1 Å². The molecule has 1 heterocycles. The maximum atomic E-state index is 12.7. The third-order valence-electron chi connectivity index (χ3n) is 6.28. The fraction of sp³-hybridized carbons (Fsp3) is 0.429. The van der Waals surface area contributed by atoms with Crippen LogP contribution in [0, 0.1) is 11.8 Å². The number of aliphatic hydroxyl groups excluding tert-OH is 1. The van der Waals surface area contributed by atoms with Gasteiger partial charge in [0.15, 0.2) is 5.78 Å². The average molecular weight is 336 g/mol. The van der Waals surface area contributed by atoms with Crippen molar-refractivity contribution in [3.05, 3.63) is 65.2 Å². The van der Waals surface area contributed by atoms with E-state index < -0.39 is 0 Å². The van der Waals surface area contributed by atoms with Crippen LogP contribution < -0.4 is 0 Å². The molecular weight excluding hydrogens is 312 g/mol. The number of hydrogen-bond acceptors (Lipinski definition) is 3. The van der Waals surface area contributed by atoms with Crippen LogP contribution in [0.25, 0.3) is 0 Å². The zero-order valence-electron chi connectivity index (χ0n) is 14.8. The van der Waals surface area contributed by atoms with Crippen LogP contribution in [-0.4, -0.2) is 20.7 Å². The van der Waals surface area contributed by atoms with Gasteiger partial charge in [0.2, 0.25) is 0 Å². The Balaban J connectivity index is 1.91. The molecule has 4 heteroatoms. The third kappa shape index (κ3) is 2.35. The molecule has 25 heavy (non-hydrogen) atoms. The molecule has 1 aromatic heterocycles. The largest absolute Gasteiger partial charge is 0.515 e. The van der Waals surface area contributed by atoms with E-state index in [1.807, 2.05) is 30.9 Å². The highest BCUT2D eigenvalue weighted by molar-refractivity contribution is 5.98. The van der Waals surface area contributed by atoms with Gasteiger partial charge in [-0.1, -0.05) is 37.3 Å². The number of ketones is 1. The van der Waals surface area contributed by atoms with E-state index in [0.29, 0.717) is 12.0 Å². The second-order valence-corrected chi connectivity index (χ2v) is 7.59. The number of aryl methyl sites for hydroxylation is 2. The lowest BCUT2D eigenvalue weighted by Crippen LogP contribution is -2.51. The normalized spacial score (nSPS) is 30.2. The monoisotopic (exact) mass is 336 g/mol. The Morgan fingerprint density at radius 2 is 2.12 bits per heavy atom. The molecule has 3 unspecified atom stereocenters. The van der Waals surface area contributed by atoms with Crippen molar-refractivity contribution < 1.29 is 9.90 Å². The number of nitrogens with zero attached hydrogens (tertiary/aromatic N) is 2. The fourth-order valence-corrected chi connectivity index (χ4v) is 5.26. The molecule has 0 radical (unpaired) electrons. The summed E-state index contributed by atoms with van der Waals surface area (Å²) in [7, 11) is 2.00. The average Bonchev–Trinajstić information content (AvgIpc) is 3.01. The van der Waals surface area contributed by atoms with Crippen molar-refractivity contribution in [1.82, 2.24) is 9.78 Å². The molecule has 1 aromatic carbocycles. The molecule has 0 bridgehead atoms.